The number of hydrogen-bond acceptors (Lipinski definition) is 3. The zero-order valence-electron chi connectivity index (χ0n) is 6.91. The van der Waals surface area contributed by atoms with E-state index in [1.165, 1.54) is 24.3 Å². The fraction of sp³-hybridized carbons (Fsp3) is 0. The lowest BCUT2D eigenvalue weighted by atomic mass is 10.3. The molecule has 0 saturated carbocycles. The Morgan fingerprint density at radius 2 is 2.21 bits per heavy atom. The lowest BCUT2D eigenvalue weighted by Crippen LogP contribution is -2.40. The summed E-state index contributed by atoms with van der Waals surface area (Å²) in [6.45, 7) is 0. The van der Waals surface area contributed by atoms with Crippen LogP contribution in [-0.2, 0) is 10.3 Å². The third kappa shape index (κ3) is 2.21. The molecule has 0 fully saturated rings. The van der Waals surface area contributed by atoms with Crippen molar-refractivity contribution in [3.05, 3.63) is 30.3 Å². The van der Waals surface area contributed by atoms with Crippen molar-refractivity contribution in [1.29, 1.82) is 0 Å². The minimum Gasteiger partial charge on any atom is -0.350 e. The van der Waals surface area contributed by atoms with Gasteiger partial charge in [0.2, 0.25) is 0 Å². The van der Waals surface area contributed by atoms with Crippen LogP contribution in [0.25, 0.3) is 0 Å². The minimum atomic E-state index is -4.68. The lowest BCUT2D eigenvalue weighted by Gasteiger charge is -2.15. The van der Waals surface area contributed by atoms with E-state index in [9.17, 15) is 13.2 Å². The van der Waals surface area contributed by atoms with Gasteiger partial charge >= 0.3 is 16.3 Å². The van der Waals surface area contributed by atoms with E-state index in [4.69, 9.17) is 10.3 Å². The molecule has 1 rings (SSSR count). The molecule has 1 aromatic rings. The predicted molar refractivity (Wildman–Crippen MR) is 48.9 cm³/mol. The maximum absolute atomic E-state index is 10.7. The van der Waals surface area contributed by atoms with E-state index in [1.54, 1.807) is 0 Å². The summed E-state index contributed by atoms with van der Waals surface area (Å²) >= 11 is 0. The Balaban J connectivity index is 3.22. The van der Waals surface area contributed by atoms with Gasteiger partial charge in [-0.25, -0.2) is 4.79 Å². The lowest BCUT2D eigenvalue weighted by molar-refractivity contribution is 0.256. The number of amides is 2. The van der Waals surface area contributed by atoms with Gasteiger partial charge < -0.3 is 5.73 Å². The standard InChI is InChI=1S/C7H7N2O4S/c8-7(10)9(14(11,12)13)6-4-2-1-3-5-6/h1-2,4-5H,(H2,8,10)(H,11,12,13). The van der Waals surface area contributed by atoms with E-state index >= 15 is 0 Å². The topological polar surface area (TPSA) is 101 Å². The SMILES string of the molecule is NC(=O)N(c1c[c]ccc1)S(=O)(=O)O. The van der Waals surface area contributed by atoms with Crippen molar-refractivity contribution in [3.8, 4) is 0 Å². The number of benzene rings is 1. The van der Waals surface area contributed by atoms with E-state index < -0.39 is 16.3 Å². The molecule has 7 heteroatoms. The monoisotopic (exact) mass is 215 g/mol. The fourth-order valence-electron chi connectivity index (χ4n) is 0.884. The summed E-state index contributed by atoms with van der Waals surface area (Å²) in [6.07, 6.45) is 0. The van der Waals surface area contributed by atoms with Gasteiger partial charge in [0, 0.05) is 0 Å². The van der Waals surface area contributed by atoms with Crippen molar-refractivity contribution < 1.29 is 17.8 Å². The van der Waals surface area contributed by atoms with Crippen molar-refractivity contribution in [3.63, 3.8) is 0 Å². The summed E-state index contributed by atoms with van der Waals surface area (Å²) in [5.74, 6) is 0. The molecule has 0 heterocycles. The second-order valence-corrected chi connectivity index (χ2v) is 3.60. The van der Waals surface area contributed by atoms with Crippen molar-refractivity contribution in [1.82, 2.24) is 0 Å². The maximum Gasteiger partial charge on any atom is 0.368 e. The summed E-state index contributed by atoms with van der Waals surface area (Å²) in [6, 6.07) is 6.73. The Hall–Kier alpha value is -1.60. The van der Waals surface area contributed by atoms with Gasteiger partial charge in [-0.2, -0.15) is 12.7 Å². The highest BCUT2D eigenvalue weighted by Crippen LogP contribution is 2.15. The molecule has 75 valence electrons. The first-order chi connectivity index (χ1) is 6.43. The van der Waals surface area contributed by atoms with Gasteiger partial charge in [-0.15, -0.1) is 0 Å². The van der Waals surface area contributed by atoms with E-state index in [2.05, 4.69) is 6.07 Å². The van der Waals surface area contributed by atoms with Crippen LogP contribution in [0.1, 0.15) is 0 Å². The molecule has 0 aliphatic heterocycles. The number of carbonyl (C=O) groups excluding carboxylic acids is 1. The molecule has 1 radical (unpaired) electrons. The van der Waals surface area contributed by atoms with Gasteiger partial charge in [0.1, 0.15) is 0 Å². The summed E-state index contributed by atoms with van der Waals surface area (Å²) in [7, 11) is -4.68. The fourth-order valence-corrected chi connectivity index (χ4v) is 1.49. The molecule has 0 unspecified atom stereocenters. The van der Waals surface area contributed by atoms with Crippen LogP contribution >= 0.6 is 0 Å². The van der Waals surface area contributed by atoms with Gasteiger partial charge in [-0.1, -0.05) is 12.1 Å². The van der Waals surface area contributed by atoms with Crippen LogP contribution in [0.2, 0.25) is 0 Å². The molecule has 3 N–H and O–H groups in total. The Bertz CT molecular complexity index is 428. The highest BCUT2D eigenvalue weighted by molar-refractivity contribution is 7.88. The molecule has 2 amide bonds. The van der Waals surface area contributed by atoms with Crippen LogP contribution in [0.4, 0.5) is 10.5 Å². The van der Waals surface area contributed by atoms with Gasteiger partial charge in [0.25, 0.3) is 0 Å². The molecule has 0 aromatic heterocycles. The molecule has 1 aromatic carbocycles. The summed E-state index contributed by atoms with van der Waals surface area (Å²) in [4.78, 5) is 10.7. The quantitative estimate of drug-likeness (QED) is 0.687. The number of rotatable bonds is 2. The van der Waals surface area contributed by atoms with Crippen LogP contribution in [0, 0.1) is 6.07 Å². The highest BCUT2D eigenvalue weighted by Gasteiger charge is 2.24. The number of nitrogens with zero attached hydrogens (tertiary/aromatic N) is 1. The van der Waals surface area contributed by atoms with E-state index in [1.807, 2.05) is 0 Å². The second kappa shape index (κ2) is 3.64. The van der Waals surface area contributed by atoms with Crippen molar-refractivity contribution in [2.75, 3.05) is 4.31 Å². The van der Waals surface area contributed by atoms with Gasteiger partial charge in [0.15, 0.2) is 0 Å². The molecule has 0 saturated heterocycles. The summed E-state index contributed by atoms with van der Waals surface area (Å²) in [5, 5.41) is 0. The van der Waals surface area contributed by atoms with Crippen LogP contribution in [0.15, 0.2) is 24.3 Å². The predicted octanol–water partition coefficient (Wildman–Crippen LogP) is 0.175. The Kier molecular flexibility index (Phi) is 2.73. The molecule has 0 aliphatic carbocycles. The van der Waals surface area contributed by atoms with E-state index in [0.29, 0.717) is 0 Å². The third-order valence-corrected chi connectivity index (χ3v) is 2.21. The number of primary amides is 1. The normalized spacial score (nSPS) is 10.9. The highest BCUT2D eigenvalue weighted by atomic mass is 32.2. The minimum absolute atomic E-state index is 0.0671. The third-order valence-electron chi connectivity index (χ3n) is 1.36. The first-order valence-corrected chi connectivity index (χ1v) is 4.86. The average Bonchev–Trinajstić information content (AvgIpc) is 2.02. The van der Waals surface area contributed by atoms with Crippen molar-refractivity contribution in [2.45, 2.75) is 0 Å². The first-order valence-electron chi connectivity index (χ1n) is 3.46. The number of nitrogens with two attached hydrogens (primary N) is 1. The zero-order chi connectivity index (χ0) is 10.8. The van der Waals surface area contributed by atoms with Gasteiger partial charge in [-0.3, -0.25) is 4.55 Å². The van der Waals surface area contributed by atoms with Gasteiger partial charge in [0.05, 0.1) is 5.69 Å². The average molecular weight is 215 g/mol. The van der Waals surface area contributed by atoms with Crippen LogP contribution in [0.5, 0.6) is 0 Å². The van der Waals surface area contributed by atoms with E-state index in [0.717, 1.165) is 0 Å². The molecular formula is C7H7N2O4S. The molecule has 6 nitrogen and oxygen atoms in total. The van der Waals surface area contributed by atoms with Crippen molar-refractivity contribution in [2.24, 2.45) is 5.73 Å². The molecular weight excluding hydrogens is 208 g/mol. The molecule has 0 spiro atoms. The molecule has 0 aliphatic rings. The van der Waals surface area contributed by atoms with Crippen molar-refractivity contribution >= 4 is 22.0 Å². The van der Waals surface area contributed by atoms with Crippen LogP contribution in [0.3, 0.4) is 0 Å². The molecule has 0 atom stereocenters. The first kappa shape index (κ1) is 10.5. The number of urea groups is 1. The molecule has 14 heavy (non-hydrogen) atoms. The number of anilines is 1. The van der Waals surface area contributed by atoms with Crippen LogP contribution in [-0.4, -0.2) is 19.0 Å². The molecule has 0 bridgehead atoms. The van der Waals surface area contributed by atoms with Crippen LogP contribution < -0.4 is 10.0 Å². The van der Waals surface area contributed by atoms with Gasteiger partial charge in [-0.05, 0) is 18.2 Å². The Labute approximate surface area is 80.8 Å². The largest absolute Gasteiger partial charge is 0.368 e. The number of hydrogen-bond donors (Lipinski definition) is 2. The summed E-state index contributed by atoms with van der Waals surface area (Å²) in [5.41, 5.74) is 4.72. The number of carbonyl (C=O) groups is 1. The maximum atomic E-state index is 10.7. The Morgan fingerprint density at radius 1 is 1.57 bits per heavy atom. The second-order valence-electron chi connectivity index (χ2n) is 2.34. The zero-order valence-corrected chi connectivity index (χ0v) is 7.73. The Morgan fingerprint density at radius 3 is 2.57 bits per heavy atom. The van der Waals surface area contributed by atoms with E-state index in [-0.39, 0.29) is 9.99 Å². The smallest absolute Gasteiger partial charge is 0.350 e. The summed E-state index contributed by atoms with van der Waals surface area (Å²) < 4.78 is 30.2.